The third-order valence-electron chi connectivity index (χ3n) is 3.60. The second kappa shape index (κ2) is 7.56. The average Bonchev–Trinajstić information content (AvgIpc) is 3.02. The van der Waals surface area contributed by atoms with E-state index in [9.17, 15) is 9.90 Å². The predicted molar refractivity (Wildman–Crippen MR) is 89.4 cm³/mol. The maximum Gasteiger partial charge on any atom is 0.315 e. The Balaban J connectivity index is 1.44. The number of carbonyl (C=O) groups is 1. The molecule has 3 N–H and O–H groups in total. The fourth-order valence-corrected chi connectivity index (χ4v) is 2.40. The molecule has 0 saturated heterocycles. The molecule has 3 rings (SSSR count). The molecular formula is C17H19N5O2. The molecule has 0 aliphatic rings. The molecule has 124 valence electrons. The van der Waals surface area contributed by atoms with Gasteiger partial charge in [0.25, 0.3) is 0 Å². The maximum absolute atomic E-state index is 11.8. The van der Waals surface area contributed by atoms with Crippen molar-refractivity contribution < 1.29 is 9.90 Å². The number of nitrogens with zero attached hydrogens (tertiary/aromatic N) is 3. The van der Waals surface area contributed by atoms with E-state index in [0.717, 1.165) is 11.2 Å². The van der Waals surface area contributed by atoms with Crippen LogP contribution in [0.1, 0.15) is 11.4 Å². The molecule has 7 heteroatoms. The quantitative estimate of drug-likeness (QED) is 0.633. The SMILES string of the molecule is O=C(NCc1nnc2ccccn12)NCC(O)Cc1ccccc1. The maximum atomic E-state index is 11.8. The van der Waals surface area contributed by atoms with Gasteiger partial charge in [0.15, 0.2) is 11.5 Å². The number of aliphatic hydroxyl groups excluding tert-OH is 1. The van der Waals surface area contributed by atoms with E-state index in [1.807, 2.05) is 59.1 Å². The lowest BCUT2D eigenvalue weighted by molar-refractivity contribution is 0.170. The number of hydrogen-bond acceptors (Lipinski definition) is 4. The van der Waals surface area contributed by atoms with Crippen LogP contribution in [0.5, 0.6) is 0 Å². The van der Waals surface area contributed by atoms with Crippen LogP contribution in [0.25, 0.3) is 5.65 Å². The third kappa shape index (κ3) is 4.08. The molecule has 2 heterocycles. The molecule has 0 aliphatic carbocycles. The topological polar surface area (TPSA) is 91.6 Å². The van der Waals surface area contributed by atoms with Crippen molar-refractivity contribution >= 4 is 11.7 Å². The van der Waals surface area contributed by atoms with Crippen molar-refractivity contribution in [1.29, 1.82) is 0 Å². The van der Waals surface area contributed by atoms with Gasteiger partial charge in [0.05, 0.1) is 12.6 Å². The van der Waals surface area contributed by atoms with Crippen LogP contribution in [-0.4, -0.2) is 38.4 Å². The van der Waals surface area contributed by atoms with Crippen LogP contribution in [0.4, 0.5) is 4.79 Å². The summed E-state index contributed by atoms with van der Waals surface area (Å²) in [5.74, 6) is 0.644. The number of carbonyl (C=O) groups excluding carboxylic acids is 1. The summed E-state index contributed by atoms with van der Waals surface area (Å²) in [6, 6.07) is 14.9. The second-order valence-corrected chi connectivity index (χ2v) is 5.45. The average molecular weight is 325 g/mol. The number of nitrogens with one attached hydrogen (secondary N) is 2. The van der Waals surface area contributed by atoms with E-state index < -0.39 is 6.10 Å². The van der Waals surface area contributed by atoms with Gasteiger partial charge in [-0.05, 0) is 17.7 Å². The first-order valence-electron chi connectivity index (χ1n) is 7.75. The molecule has 1 unspecified atom stereocenters. The van der Waals surface area contributed by atoms with Gasteiger partial charge in [-0.1, -0.05) is 36.4 Å². The lowest BCUT2D eigenvalue weighted by Gasteiger charge is -2.12. The number of pyridine rings is 1. The number of amides is 2. The summed E-state index contributed by atoms with van der Waals surface area (Å²) in [6.45, 7) is 0.438. The highest BCUT2D eigenvalue weighted by Crippen LogP contribution is 2.03. The molecule has 1 aromatic carbocycles. The molecule has 1 atom stereocenters. The van der Waals surface area contributed by atoms with Gasteiger partial charge in [-0.2, -0.15) is 0 Å². The van der Waals surface area contributed by atoms with Crippen LogP contribution in [0.3, 0.4) is 0 Å². The number of benzene rings is 1. The Morgan fingerprint density at radius 2 is 1.88 bits per heavy atom. The van der Waals surface area contributed by atoms with E-state index in [-0.39, 0.29) is 19.1 Å². The number of aromatic nitrogens is 3. The van der Waals surface area contributed by atoms with Gasteiger partial charge in [0, 0.05) is 19.2 Å². The van der Waals surface area contributed by atoms with E-state index in [0.29, 0.717) is 12.2 Å². The Labute approximate surface area is 139 Å². The van der Waals surface area contributed by atoms with Gasteiger partial charge in [-0.15, -0.1) is 10.2 Å². The molecule has 0 aliphatic heterocycles. The highest BCUT2D eigenvalue weighted by atomic mass is 16.3. The zero-order chi connectivity index (χ0) is 16.8. The lowest BCUT2D eigenvalue weighted by Crippen LogP contribution is -2.40. The fraction of sp³-hybridized carbons (Fsp3) is 0.235. The zero-order valence-corrected chi connectivity index (χ0v) is 13.1. The van der Waals surface area contributed by atoms with Crippen molar-refractivity contribution in [1.82, 2.24) is 25.2 Å². The minimum atomic E-state index is -0.632. The second-order valence-electron chi connectivity index (χ2n) is 5.45. The summed E-state index contributed by atoms with van der Waals surface area (Å²) in [6.07, 6.45) is 1.70. The Bertz CT molecular complexity index is 803. The lowest BCUT2D eigenvalue weighted by atomic mass is 10.1. The molecule has 0 bridgehead atoms. The zero-order valence-electron chi connectivity index (χ0n) is 13.1. The van der Waals surface area contributed by atoms with Crippen LogP contribution >= 0.6 is 0 Å². The van der Waals surface area contributed by atoms with E-state index >= 15 is 0 Å². The molecule has 2 aromatic heterocycles. The molecule has 2 amide bonds. The van der Waals surface area contributed by atoms with Crippen molar-refractivity contribution in [2.45, 2.75) is 19.1 Å². The summed E-state index contributed by atoms with van der Waals surface area (Å²) in [5.41, 5.74) is 1.76. The summed E-state index contributed by atoms with van der Waals surface area (Å²) >= 11 is 0. The number of urea groups is 1. The summed E-state index contributed by atoms with van der Waals surface area (Å²) in [4.78, 5) is 11.8. The molecule has 0 fully saturated rings. The van der Waals surface area contributed by atoms with Crippen molar-refractivity contribution in [3.63, 3.8) is 0 Å². The smallest absolute Gasteiger partial charge is 0.315 e. The Morgan fingerprint density at radius 3 is 2.71 bits per heavy atom. The van der Waals surface area contributed by atoms with Crippen molar-refractivity contribution in [2.75, 3.05) is 6.54 Å². The predicted octanol–water partition coefficient (Wildman–Crippen LogP) is 1.13. The highest BCUT2D eigenvalue weighted by molar-refractivity contribution is 5.73. The standard InChI is InChI=1S/C17H19N5O2/c23-14(10-13-6-2-1-3-7-13)11-18-17(24)19-12-16-21-20-15-8-4-5-9-22(15)16/h1-9,14,23H,10-12H2,(H2,18,19,24). The number of fused-ring (bicyclic) bond motifs is 1. The number of aliphatic hydroxyl groups is 1. The Morgan fingerprint density at radius 1 is 1.08 bits per heavy atom. The van der Waals surface area contributed by atoms with E-state index in [4.69, 9.17) is 0 Å². The van der Waals surface area contributed by atoms with Gasteiger partial charge in [0.1, 0.15) is 0 Å². The molecule has 24 heavy (non-hydrogen) atoms. The van der Waals surface area contributed by atoms with Crippen molar-refractivity contribution in [3.05, 3.63) is 66.1 Å². The largest absolute Gasteiger partial charge is 0.391 e. The van der Waals surface area contributed by atoms with E-state index in [1.165, 1.54) is 0 Å². The minimum absolute atomic E-state index is 0.182. The molecule has 3 aromatic rings. The fourth-order valence-electron chi connectivity index (χ4n) is 2.40. The number of rotatable bonds is 6. The minimum Gasteiger partial charge on any atom is -0.391 e. The number of hydrogen-bond donors (Lipinski definition) is 3. The first-order chi connectivity index (χ1) is 11.7. The van der Waals surface area contributed by atoms with Crippen LogP contribution in [0.2, 0.25) is 0 Å². The first kappa shape index (κ1) is 15.9. The first-order valence-corrected chi connectivity index (χ1v) is 7.75. The highest BCUT2D eigenvalue weighted by Gasteiger charge is 2.09. The Kier molecular flexibility index (Phi) is 5.02. The molecular weight excluding hydrogens is 306 g/mol. The van der Waals surface area contributed by atoms with Crippen LogP contribution < -0.4 is 10.6 Å². The Hall–Kier alpha value is -2.93. The van der Waals surface area contributed by atoms with Gasteiger partial charge in [0.2, 0.25) is 0 Å². The molecule has 0 spiro atoms. The van der Waals surface area contributed by atoms with E-state index in [2.05, 4.69) is 20.8 Å². The van der Waals surface area contributed by atoms with E-state index in [1.54, 1.807) is 0 Å². The normalized spacial score (nSPS) is 12.0. The summed E-state index contributed by atoms with van der Waals surface area (Å²) in [7, 11) is 0. The monoisotopic (exact) mass is 325 g/mol. The van der Waals surface area contributed by atoms with Crippen molar-refractivity contribution in [2.24, 2.45) is 0 Å². The van der Waals surface area contributed by atoms with Crippen LogP contribution in [0, 0.1) is 0 Å². The van der Waals surface area contributed by atoms with Gasteiger partial charge >= 0.3 is 6.03 Å². The van der Waals surface area contributed by atoms with Crippen LogP contribution in [-0.2, 0) is 13.0 Å². The molecule has 0 saturated carbocycles. The van der Waals surface area contributed by atoms with Gasteiger partial charge in [-0.3, -0.25) is 4.40 Å². The van der Waals surface area contributed by atoms with Crippen LogP contribution in [0.15, 0.2) is 54.7 Å². The van der Waals surface area contributed by atoms with Crippen molar-refractivity contribution in [3.8, 4) is 0 Å². The molecule has 0 radical (unpaired) electrons. The summed E-state index contributed by atoms with van der Waals surface area (Å²) < 4.78 is 1.81. The van der Waals surface area contributed by atoms with Gasteiger partial charge in [-0.25, -0.2) is 4.79 Å². The third-order valence-corrected chi connectivity index (χ3v) is 3.60. The molecule has 7 nitrogen and oxygen atoms in total. The summed E-state index contributed by atoms with van der Waals surface area (Å²) in [5, 5.41) is 23.4. The van der Waals surface area contributed by atoms with Gasteiger partial charge < -0.3 is 15.7 Å².